The predicted octanol–water partition coefficient (Wildman–Crippen LogP) is 5.17. The topological polar surface area (TPSA) is 44.9 Å². The second-order valence-electron chi connectivity index (χ2n) is 6.78. The van der Waals surface area contributed by atoms with Gasteiger partial charge in [-0.2, -0.15) is 13.2 Å². The smallest absolute Gasteiger partial charge is 0.358 e. The van der Waals surface area contributed by atoms with E-state index in [4.69, 9.17) is 0 Å². The largest absolute Gasteiger partial charge is 0.416 e. The summed E-state index contributed by atoms with van der Waals surface area (Å²) in [7, 11) is 0. The number of aromatic nitrogens is 1. The number of carbonyl (C=O) groups excluding carboxylic acids is 1. The average molecular weight is 358 g/mol. The van der Waals surface area contributed by atoms with Gasteiger partial charge in [-0.25, -0.2) is 0 Å². The van der Waals surface area contributed by atoms with Crippen molar-refractivity contribution >= 4 is 22.5 Å². The number of halogens is 3. The Morgan fingerprint density at radius 2 is 1.73 bits per heavy atom. The highest BCUT2D eigenvalue weighted by atomic mass is 19.4. The number of rotatable bonds is 3. The van der Waals surface area contributed by atoms with Crippen molar-refractivity contribution in [1.29, 1.82) is 0 Å². The fraction of sp³-hybridized carbons (Fsp3) is 0.250. The molecule has 0 saturated heterocycles. The van der Waals surface area contributed by atoms with E-state index in [0.29, 0.717) is 5.69 Å². The van der Waals surface area contributed by atoms with Gasteiger partial charge < -0.3 is 10.3 Å². The molecule has 3 aromatic rings. The molecule has 1 aliphatic rings. The Balaban J connectivity index is 1.63. The van der Waals surface area contributed by atoms with Crippen molar-refractivity contribution in [1.82, 2.24) is 4.98 Å². The summed E-state index contributed by atoms with van der Waals surface area (Å²) in [6.45, 7) is 1.95. The van der Waals surface area contributed by atoms with Crippen LogP contribution in [0.3, 0.4) is 0 Å². The molecule has 0 spiro atoms. The molecule has 0 unspecified atom stereocenters. The zero-order valence-electron chi connectivity index (χ0n) is 14.1. The molecule has 6 heteroatoms. The monoisotopic (exact) mass is 358 g/mol. The SMILES string of the molecule is Cc1[nH]c2ccccc2c1C1(C(=O)Nc2ccc(C(F)(F)F)cc2)CC1. The number of para-hydroxylation sites is 1. The molecule has 134 valence electrons. The number of amides is 1. The summed E-state index contributed by atoms with van der Waals surface area (Å²) >= 11 is 0. The quantitative estimate of drug-likeness (QED) is 0.667. The van der Waals surface area contributed by atoms with Gasteiger partial charge in [0.05, 0.1) is 11.0 Å². The third-order valence-electron chi connectivity index (χ3n) is 5.03. The minimum absolute atomic E-state index is 0.176. The second kappa shape index (κ2) is 5.62. The van der Waals surface area contributed by atoms with Crippen LogP contribution in [0, 0.1) is 6.92 Å². The molecule has 1 heterocycles. The van der Waals surface area contributed by atoms with Crippen molar-refractivity contribution in [3.8, 4) is 0 Å². The summed E-state index contributed by atoms with van der Waals surface area (Å²) in [5.41, 5.74) is 1.93. The van der Waals surface area contributed by atoms with E-state index in [9.17, 15) is 18.0 Å². The van der Waals surface area contributed by atoms with E-state index in [1.807, 2.05) is 31.2 Å². The van der Waals surface area contributed by atoms with Crippen molar-refractivity contribution in [2.24, 2.45) is 0 Å². The van der Waals surface area contributed by atoms with Gasteiger partial charge >= 0.3 is 6.18 Å². The summed E-state index contributed by atoms with van der Waals surface area (Å²) in [6, 6.07) is 12.4. The van der Waals surface area contributed by atoms with Crippen LogP contribution in [-0.2, 0) is 16.4 Å². The van der Waals surface area contributed by atoms with Crippen LogP contribution in [0.15, 0.2) is 48.5 Å². The average Bonchev–Trinajstić information content (AvgIpc) is 3.31. The lowest BCUT2D eigenvalue weighted by molar-refractivity contribution is -0.137. The molecule has 0 atom stereocenters. The number of benzene rings is 2. The van der Waals surface area contributed by atoms with Crippen LogP contribution in [0.2, 0.25) is 0 Å². The van der Waals surface area contributed by atoms with E-state index in [2.05, 4.69) is 10.3 Å². The summed E-state index contributed by atoms with van der Waals surface area (Å²) < 4.78 is 38.0. The van der Waals surface area contributed by atoms with Crippen molar-refractivity contribution in [2.45, 2.75) is 31.4 Å². The maximum absolute atomic E-state index is 12.9. The van der Waals surface area contributed by atoms with Gasteiger partial charge in [0.1, 0.15) is 0 Å². The first kappa shape index (κ1) is 16.7. The first-order valence-electron chi connectivity index (χ1n) is 8.38. The molecule has 0 aliphatic heterocycles. The number of hydrogen-bond acceptors (Lipinski definition) is 1. The van der Waals surface area contributed by atoms with Crippen LogP contribution >= 0.6 is 0 Å². The van der Waals surface area contributed by atoms with Crippen molar-refractivity contribution in [3.63, 3.8) is 0 Å². The standard InChI is InChI=1S/C20H17F3N2O/c1-12-17(15-4-2-3-5-16(15)24-12)19(10-11-19)18(26)25-14-8-6-13(7-9-14)20(21,22)23/h2-9,24H,10-11H2,1H3,(H,25,26). The normalized spacial score (nSPS) is 15.8. The van der Waals surface area contributed by atoms with E-state index in [1.54, 1.807) is 0 Å². The molecule has 1 aliphatic carbocycles. The third kappa shape index (κ3) is 2.66. The van der Waals surface area contributed by atoms with Crippen LogP contribution in [-0.4, -0.2) is 10.9 Å². The number of carbonyl (C=O) groups is 1. The van der Waals surface area contributed by atoms with Gasteiger partial charge in [0.2, 0.25) is 5.91 Å². The van der Waals surface area contributed by atoms with E-state index in [1.165, 1.54) is 12.1 Å². The van der Waals surface area contributed by atoms with Gasteiger partial charge in [0, 0.05) is 22.3 Å². The second-order valence-corrected chi connectivity index (χ2v) is 6.78. The Bertz CT molecular complexity index is 982. The van der Waals surface area contributed by atoms with Gasteiger partial charge in [-0.1, -0.05) is 18.2 Å². The fourth-order valence-corrected chi connectivity index (χ4v) is 3.60. The van der Waals surface area contributed by atoms with Crippen LogP contribution in [0.1, 0.15) is 29.7 Å². The van der Waals surface area contributed by atoms with Crippen LogP contribution < -0.4 is 5.32 Å². The molecule has 26 heavy (non-hydrogen) atoms. The summed E-state index contributed by atoms with van der Waals surface area (Å²) in [4.78, 5) is 16.2. The predicted molar refractivity (Wildman–Crippen MR) is 94.0 cm³/mol. The molecule has 1 amide bonds. The number of H-pyrrole nitrogens is 1. The highest BCUT2D eigenvalue weighted by Gasteiger charge is 2.53. The number of anilines is 1. The lowest BCUT2D eigenvalue weighted by Crippen LogP contribution is -2.28. The van der Waals surface area contributed by atoms with Gasteiger partial charge in [-0.15, -0.1) is 0 Å². The van der Waals surface area contributed by atoms with Crippen LogP contribution in [0.5, 0.6) is 0 Å². The van der Waals surface area contributed by atoms with E-state index < -0.39 is 17.2 Å². The van der Waals surface area contributed by atoms with Crippen LogP contribution in [0.4, 0.5) is 18.9 Å². The number of aryl methyl sites for hydroxylation is 1. The van der Waals surface area contributed by atoms with Crippen molar-refractivity contribution in [2.75, 3.05) is 5.32 Å². The van der Waals surface area contributed by atoms with Crippen molar-refractivity contribution in [3.05, 3.63) is 65.4 Å². The molecule has 0 radical (unpaired) electrons. The van der Waals surface area contributed by atoms with Gasteiger partial charge in [0.15, 0.2) is 0 Å². The first-order chi connectivity index (χ1) is 12.3. The highest BCUT2D eigenvalue weighted by molar-refractivity contribution is 6.05. The lowest BCUT2D eigenvalue weighted by Gasteiger charge is -2.17. The van der Waals surface area contributed by atoms with E-state index >= 15 is 0 Å². The van der Waals surface area contributed by atoms with E-state index in [0.717, 1.165) is 47.1 Å². The molecule has 2 aromatic carbocycles. The maximum atomic E-state index is 12.9. The molecular formula is C20H17F3N2O. The first-order valence-corrected chi connectivity index (χ1v) is 8.38. The Kier molecular flexibility index (Phi) is 3.61. The molecule has 1 saturated carbocycles. The van der Waals surface area contributed by atoms with Crippen LogP contribution in [0.25, 0.3) is 10.9 Å². The number of nitrogens with one attached hydrogen (secondary N) is 2. The fourth-order valence-electron chi connectivity index (χ4n) is 3.60. The minimum Gasteiger partial charge on any atom is -0.358 e. The van der Waals surface area contributed by atoms with Crippen molar-refractivity contribution < 1.29 is 18.0 Å². The molecule has 0 bridgehead atoms. The molecule has 4 rings (SSSR count). The highest BCUT2D eigenvalue weighted by Crippen LogP contribution is 2.52. The lowest BCUT2D eigenvalue weighted by atomic mass is 9.92. The molecule has 1 fully saturated rings. The third-order valence-corrected chi connectivity index (χ3v) is 5.03. The summed E-state index contributed by atoms with van der Waals surface area (Å²) in [5.74, 6) is -0.176. The maximum Gasteiger partial charge on any atom is 0.416 e. The molecule has 3 nitrogen and oxygen atoms in total. The Morgan fingerprint density at radius 3 is 2.35 bits per heavy atom. The van der Waals surface area contributed by atoms with E-state index in [-0.39, 0.29) is 5.91 Å². The summed E-state index contributed by atoms with van der Waals surface area (Å²) in [5, 5.41) is 3.80. The van der Waals surface area contributed by atoms with Gasteiger partial charge in [0.25, 0.3) is 0 Å². The zero-order valence-corrected chi connectivity index (χ0v) is 14.1. The van der Waals surface area contributed by atoms with Gasteiger partial charge in [-0.05, 0) is 55.7 Å². The Hall–Kier alpha value is -2.76. The number of alkyl halides is 3. The molecular weight excluding hydrogens is 341 g/mol. The molecule has 1 aromatic heterocycles. The Morgan fingerprint density at radius 1 is 1.08 bits per heavy atom. The number of fused-ring (bicyclic) bond motifs is 1. The number of aromatic amines is 1. The summed E-state index contributed by atoms with van der Waals surface area (Å²) in [6.07, 6.45) is -2.94. The number of hydrogen-bond donors (Lipinski definition) is 2. The minimum atomic E-state index is -4.39. The molecule has 2 N–H and O–H groups in total. The zero-order chi connectivity index (χ0) is 18.5. The Labute approximate surface area is 148 Å². The van der Waals surface area contributed by atoms with Gasteiger partial charge in [-0.3, -0.25) is 4.79 Å².